The van der Waals surface area contributed by atoms with Crippen LogP contribution < -0.4 is 20.1 Å². The van der Waals surface area contributed by atoms with E-state index in [2.05, 4.69) is 20.9 Å². The molecule has 104 heavy (non-hydrogen) atoms. The van der Waals surface area contributed by atoms with Gasteiger partial charge in [-0.1, -0.05) is 56.3 Å². The Hall–Kier alpha value is -7.15. The number of nitrogens with two attached hydrogens (primary N) is 1. The molecule has 1 amide bonds. The van der Waals surface area contributed by atoms with Crippen molar-refractivity contribution < 1.29 is 111 Å². The summed E-state index contributed by atoms with van der Waals surface area (Å²) in [6.45, 7) is 8.72. The number of amides is 1. The van der Waals surface area contributed by atoms with Crippen molar-refractivity contribution in [3.05, 3.63) is 123 Å². The van der Waals surface area contributed by atoms with Crippen molar-refractivity contribution in [3.63, 3.8) is 0 Å². The van der Waals surface area contributed by atoms with Gasteiger partial charge in [-0.15, -0.1) is 0 Å². The number of phenols is 2. The van der Waals surface area contributed by atoms with Gasteiger partial charge in [0, 0.05) is 120 Å². The number of aromatic amines is 1. The standard InChI is InChI=1S/C46H56N4O10.C27H29NO11.As2O3/c1-7-42(55)22-28-23-45(40(53)58-5,36-30(14-18-48(24-28)25-42)29-12-9-10-13-33(29)47-36)32-20-31-34(21-35(32)57-4)50(26-51)38-44(31)16-19-49-17-11-15-43(8-2,37(44)49)39(60-27(3)52)46(38,56)41(54)59-6;1-10-22(31)13(28)6-17(38-10)39-15-8-27(36,16(30)9-29)7-12-19(15)26(35)21-20(24(12)33)23(32)11-4-3-5-14(37-2)18(11)25(21)34;3-1-4-2(3)5-1/h9-13,15,20-21,26,28,37-39,47,55-56H,7-8,14,16-19,22-25H2,1-6H3;3-5,10,13,15,17,22,29,31,33,35-36H,6-9,28H2,1-2H3;/t28-,37+,38-,39-,42+,43-,44-,45+,46+;10-,13-,15-,17-,22+,27-;/m10./s1. The maximum atomic E-state index is 15.3. The van der Waals surface area contributed by atoms with Gasteiger partial charge in [0.05, 0.1) is 80.8 Å². The molecular weight excluding hydrogens is 1480 g/mol. The molecule has 16 atom stereocenters. The van der Waals surface area contributed by atoms with Gasteiger partial charge in [-0.05, 0) is 87.2 Å². The van der Waals surface area contributed by atoms with Crippen molar-refractivity contribution in [3.8, 4) is 23.0 Å². The number of ketones is 3. The van der Waals surface area contributed by atoms with Gasteiger partial charge in [-0.25, -0.2) is 4.79 Å². The van der Waals surface area contributed by atoms with Crippen LogP contribution in [0, 0.1) is 11.3 Å². The number of rotatable bonds is 13. The van der Waals surface area contributed by atoms with Crippen LogP contribution in [-0.2, 0) is 79.5 Å². The number of methoxy groups -OCH3 is 4. The molecule has 31 heteroatoms. The van der Waals surface area contributed by atoms with Crippen LogP contribution in [0.4, 0.5) is 5.69 Å². The molecule has 1 unspecified atom stereocenters. The van der Waals surface area contributed by atoms with Crippen molar-refractivity contribution >= 4 is 89.6 Å². The van der Waals surface area contributed by atoms with Crippen LogP contribution in [0.5, 0.6) is 23.0 Å². The molecule has 4 bridgehead atoms. The molecule has 29 nitrogen and oxygen atoms in total. The molecule has 9 aliphatic heterocycles. The van der Waals surface area contributed by atoms with E-state index in [9.17, 15) is 64.5 Å². The fraction of sp³-hybridized carbons (Fsp3) is 0.521. The van der Waals surface area contributed by atoms with Crippen molar-refractivity contribution in [2.45, 2.75) is 162 Å². The van der Waals surface area contributed by atoms with E-state index in [4.69, 9.17) is 47.0 Å². The van der Waals surface area contributed by atoms with Crippen LogP contribution in [0.3, 0.4) is 0 Å². The van der Waals surface area contributed by atoms with Crippen LogP contribution in [-0.4, -0.2) is 251 Å². The Labute approximate surface area is 608 Å². The number of nitrogens with one attached hydrogen (secondary N) is 1. The Morgan fingerprint density at radius 3 is 2.16 bits per heavy atom. The van der Waals surface area contributed by atoms with Crippen LogP contribution in [0.2, 0.25) is 0 Å². The van der Waals surface area contributed by atoms with E-state index in [0.29, 0.717) is 99.5 Å². The van der Waals surface area contributed by atoms with E-state index >= 15 is 4.79 Å². The van der Waals surface area contributed by atoms with Gasteiger partial charge < -0.3 is 84.5 Å². The molecule has 4 aromatic carbocycles. The first-order valence-electron chi connectivity index (χ1n) is 34.8. The number of phenolic OH excluding ortho intramolecular Hbond substituents is 2. The van der Waals surface area contributed by atoms with E-state index in [1.54, 1.807) is 13.0 Å². The number of hydrogen-bond acceptors (Lipinski definition) is 27. The third-order valence-corrected chi connectivity index (χ3v) is 34.1. The first-order chi connectivity index (χ1) is 49.6. The fourth-order valence-electron chi connectivity index (χ4n) is 19.3. The Balaban J connectivity index is 0.000000177. The van der Waals surface area contributed by atoms with Gasteiger partial charge in [-0.3, -0.25) is 38.6 Å². The van der Waals surface area contributed by atoms with Crippen molar-refractivity contribution in [2.24, 2.45) is 17.1 Å². The predicted octanol–water partition coefficient (Wildman–Crippen LogP) is 2.55. The minimum atomic E-state index is -2.53. The summed E-state index contributed by atoms with van der Waals surface area (Å²) in [5.74, 6) is -5.84. The van der Waals surface area contributed by atoms with Crippen LogP contribution in [0.1, 0.15) is 144 Å². The number of aromatic hydroxyl groups is 2. The SMILES string of the molecule is CC[C@]1(O)C[C@H]2CN(CCc3c([nH]c4ccccc34)[C@@](C(=O)OC)(c3cc4c(cc3OC)N(C=O)[C@H]3[C@@](O)(C(=O)OC)[C@H](OC(C)=O)[C@]5(CC)C=CCN6CC[C@]43[C@@H]65)C2)C1.COc1cccc2c1C(=O)c1c(O)c3c(c(O)c1C2=O)C[C@@](O)(C(=O)CO)C[C@@H]3O[C@H]1C[C@H](N)[C@H](O)[C@H](C)O1.O1[As]2O[As]1O2. The van der Waals surface area contributed by atoms with E-state index in [1.807, 2.05) is 50.3 Å². The number of nitrogens with zero attached hydrogens (tertiary/aromatic N) is 3. The van der Waals surface area contributed by atoms with Crippen LogP contribution in [0.15, 0.2) is 66.7 Å². The number of ether oxygens (including phenoxy) is 7. The Morgan fingerprint density at radius 1 is 0.827 bits per heavy atom. The van der Waals surface area contributed by atoms with Gasteiger partial charge in [0.25, 0.3) is 0 Å². The summed E-state index contributed by atoms with van der Waals surface area (Å²) >= 11 is -2.62. The molecule has 1 spiro atoms. The van der Waals surface area contributed by atoms with Crippen LogP contribution >= 0.6 is 0 Å². The van der Waals surface area contributed by atoms with Gasteiger partial charge in [0.1, 0.15) is 40.6 Å². The second-order valence-electron chi connectivity index (χ2n) is 29.0. The first-order valence-corrected chi connectivity index (χ1v) is 39.4. The van der Waals surface area contributed by atoms with Crippen molar-refractivity contribution in [1.29, 1.82) is 0 Å². The number of Topliss-reactive ketones (excluding diaryl/α,β-unsaturated/α-hetero) is 1. The molecular formula is C73H85As2N5O24. The number of benzene rings is 4. The van der Waals surface area contributed by atoms with Crippen LogP contribution in [0.25, 0.3) is 10.9 Å². The topological polar surface area (TPSA) is 405 Å². The van der Waals surface area contributed by atoms with Gasteiger partial charge in [0.15, 0.2) is 24.0 Å². The zero-order chi connectivity index (χ0) is 74.2. The number of aromatic nitrogens is 1. The number of anilines is 1. The van der Waals surface area contributed by atoms with Crippen molar-refractivity contribution in [1.82, 2.24) is 14.8 Å². The number of fused-ring (bicyclic) bond motifs is 9. The average molecular weight is 1570 g/mol. The third kappa shape index (κ3) is 11.1. The first kappa shape index (κ1) is 73.7. The maximum absolute atomic E-state index is 15.3. The monoisotopic (exact) mass is 1570 g/mol. The molecule has 17 rings (SSSR count). The van der Waals surface area contributed by atoms with Gasteiger partial charge >= 0.3 is 57.4 Å². The number of para-hydroxylation sites is 1. The number of piperidine rings is 1. The molecule has 0 radical (unpaired) electrons. The van der Waals surface area contributed by atoms with E-state index in [0.717, 1.165) is 16.5 Å². The van der Waals surface area contributed by atoms with Gasteiger partial charge in [-0.2, -0.15) is 0 Å². The second-order valence-corrected chi connectivity index (χ2v) is 37.2. The normalized spacial score (nSPS) is 35.0. The summed E-state index contributed by atoms with van der Waals surface area (Å²) in [4.78, 5) is 106. The zero-order valence-corrected chi connectivity index (χ0v) is 62.4. The summed E-state index contributed by atoms with van der Waals surface area (Å²) in [5.41, 5.74) is -0.777. The summed E-state index contributed by atoms with van der Waals surface area (Å²) in [6, 6.07) is 13.6. The number of hydrogen-bond donors (Lipinski definition) is 9. The number of aliphatic hydroxyl groups excluding tert-OH is 2. The Kier molecular flexibility index (Phi) is 19.3. The fourth-order valence-corrected chi connectivity index (χ4v) is 24.0. The summed E-state index contributed by atoms with van der Waals surface area (Å²) in [6.07, 6.45) is 0.710. The number of H-pyrrole nitrogens is 1. The Bertz CT molecular complexity index is 4370. The molecule has 12 aliphatic rings. The minimum absolute atomic E-state index is 0.0173. The summed E-state index contributed by atoms with van der Waals surface area (Å²) in [5, 5.41) is 79.9. The predicted molar refractivity (Wildman–Crippen MR) is 367 cm³/mol. The van der Waals surface area contributed by atoms with Crippen molar-refractivity contribution in [2.75, 3.05) is 72.7 Å². The molecule has 5 aromatic rings. The van der Waals surface area contributed by atoms with E-state index in [1.165, 1.54) is 58.5 Å². The van der Waals surface area contributed by atoms with Gasteiger partial charge in [0.2, 0.25) is 17.8 Å². The number of carbonyl (C=O) groups is 7. The summed E-state index contributed by atoms with van der Waals surface area (Å²) < 4.78 is 55.3. The molecule has 556 valence electrons. The average Bonchev–Trinajstić information content (AvgIpc) is 1.46. The quantitative estimate of drug-likeness (QED) is 0.0200. The molecule has 1 aromatic heterocycles. The molecule has 10 heterocycles. The number of carbonyl (C=O) groups excluding carboxylic acids is 7. The second kappa shape index (κ2) is 27.3. The Morgan fingerprint density at radius 2 is 1.53 bits per heavy atom. The molecule has 10 N–H and O–H groups in total. The van der Waals surface area contributed by atoms with E-state index < -0.39 is 191 Å². The zero-order valence-electron chi connectivity index (χ0n) is 58.6. The number of aliphatic hydroxyl groups is 5. The number of esters is 3. The third-order valence-electron chi connectivity index (χ3n) is 23.7. The molecule has 3 aliphatic carbocycles. The van der Waals surface area contributed by atoms with E-state index in [-0.39, 0.29) is 46.8 Å². The molecule has 7 fully saturated rings. The summed E-state index contributed by atoms with van der Waals surface area (Å²) in [7, 11) is 5.41. The molecule has 6 saturated heterocycles. The molecule has 1 saturated carbocycles.